The first-order valence-corrected chi connectivity index (χ1v) is 12.6. The van der Waals surface area contributed by atoms with Gasteiger partial charge in [-0.1, -0.05) is 6.07 Å². The lowest BCUT2D eigenvalue weighted by Gasteiger charge is -2.46. The summed E-state index contributed by atoms with van der Waals surface area (Å²) < 4.78 is 96.0. The zero-order valence-corrected chi connectivity index (χ0v) is 20.5. The van der Waals surface area contributed by atoms with Crippen molar-refractivity contribution in [1.82, 2.24) is 14.3 Å². The quantitative estimate of drug-likeness (QED) is 0.509. The summed E-state index contributed by atoms with van der Waals surface area (Å²) in [5, 5.41) is 14.2. The van der Waals surface area contributed by atoms with E-state index in [0.29, 0.717) is 19.0 Å². The largest absolute Gasteiger partial charge is 0.490 e. The predicted molar refractivity (Wildman–Crippen MR) is 119 cm³/mol. The van der Waals surface area contributed by atoms with Gasteiger partial charge in [-0.2, -0.15) is 30.6 Å². The van der Waals surface area contributed by atoms with E-state index >= 15 is 0 Å². The smallest absolute Gasteiger partial charge is 0.475 e. The van der Waals surface area contributed by atoms with Crippen LogP contribution in [0.2, 0.25) is 0 Å². The molecule has 10 nitrogen and oxygen atoms in total. The van der Waals surface area contributed by atoms with Crippen LogP contribution < -0.4 is 4.74 Å². The Morgan fingerprint density at radius 2 is 1.58 bits per heavy atom. The van der Waals surface area contributed by atoms with Gasteiger partial charge < -0.3 is 14.9 Å². The molecule has 18 heteroatoms. The molecule has 0 saturated carbocycles. The number of carbonyl (C=O) groups is 2. The lowest BCUT2D eigenvalue weighted by Crippen LogP contribution is -2.60. The first-order valence-electron chi connectivity index (χ1n) is 10.2. The number of hydrogen-bond donors (Lipinski definition) is 2. The molecule has 2 saturated heterocycles. The van der Waals surface area contributed by atoms with Crippen LogP contribution >= 0.6 is 11.8 Å². The monoisotopic (exact) mass is 591 g/mol. The van der Waals surface area contributed by atoms with Crippen LogP contribution in [0.25, 0.3) is 0 Å². The van der Waals surface area contributed by atoms with Gasteiger partial charge in [-0.25, -0.2) is 23.0 Å². The van der Waals surface area contributed by atoms with E-state index in [9.17, 15) is 34.8 Å². The Balaban J connectivity index is 0.000000301. The number of carboxylic acids is 2. The summed E-state index contributed by atoms with van der Waals surface area (Å²) in [5.74, 6) is -4.03. The molecule has 2 aliphatic heterocycles. The van der Waals surface area contributed by atoms with Crippen LogP contribution in [-0.4, -0.2) is 86.9 Å². The summed E-state index contributed by atoms with van der Waals surface area (Å²) in [6.45, 7) is 1.05. The van der Waals surface area contributed by atoms with E-state index in [1.165, 1.54) is 10.5 Å². The Morgan fingerprint density at radius 1 is 1.00 bits per heavy atom. The molecule has 2 aromatic heterocycles. The van der Waals surface area contributed by atoms with E-state index in [2.05, 4.69) is 9.97 Å². The van der Waals surface area contributed by atoms with Gasteiger partial charge in [0.1, 0.15) is 11.0 Å². The van der Waals surface area contributed by atoms with E-state index < -0.39 is 34.3 Å². The highest BCUT2D eigenvalue weighted by molar-refractivity contribution is 8.01. The number of hydrogen-bond acceptors (Lipinski definition) is 8. The van der Waals surface area contributed by atoms with Gasteiger partial charge in [-0.3, -0.25) is 4.98 Å². The van der Waals surface area contributed by atoms with Gasteiger partial charge in [-0.15, -0.1) is 11.8 Å². The highest BCUT2D eigenvalue weighted by atomic mass is 32.2. The van der Waals surface area contributed by atoms with Crippen molar-refractivity contribution in [3.05, 3.63) is 48.9 Å². The predicted octanol–water partition coefficient (Wildman–Crippen LogP) is 3.07. The maximum absolute atomic E-state index is 12.6. The number of nitrogens with zero attached hydrogens (tertiary/aromatic N) is 3. The molecule has 38 heavy (non-hydrogen) atoms. The number of carboxylic acid groups (broad SMARTS) is 2. The van der Waals surface area contributed by atoms with Crippen molar-refractivity contribution in [2.45, 2.75) is 34.5 Å². The molecule has 210 valence electrons. The summed E-state index contributed by atoms with van der Waals surface area (Å²) in [6, 6.07) is 8.82. The van der Waals surface area contributed by atoms with Crippen LogP contribution in [0.1, 0.15) is 6.42 Å². The maximum atomic E-state index is 12.6. The number of pyridine rings is 2. The summed E-state index contributed by atoms with van der Waals surface area (Å²) in [6.07, 6.45) is -4.57. The van der Waals surface area contributed by atoms with Crippen molar-refractivity contribution in [2.24, 2.45) is 0 Å². The summed E-state index contributed by atoms with van der Waals surface area (Å²) >= 11 is 1.80. The molecule has 2 N–H and O–H groups in total. The number of thioether (sulfide) groups is 1. The van der Waals surface area contributed by atoms with Crippen molar-refractivity contribution in [1.29, 1.82) is 0 Å². The Morgan fingerprint density at radius 3 is 2.03 bits per heavy atom. The Bertz CT molecular complexity index is 1170. The molecule has 0 amide bonds. The fraction of sp³-hybridized carbons (Fsp3) is 0.400. The molecule has 4 rings (SSSR count). The molecule has 0 radical (unpaired) electrons. The molecular weight excluding hydrogens is 572 g/mol. The number of rotatable bonds is 4. The van der Waals surface area contributed by atoms with Crippen molar-refractivity contribution in [3.63, 3.8) is 0 Å². The van der Waals surface area contributed by atoms with Crippen LogP contribution in [0.15, 0.2) is 53.8 Å². The Labute approximate surface area is 215 Å². The number of aromatic nitrogens is 2. The number of sulfonamides is 1. The normalized spacial score (nSPS) is 18.7. The number of alkyl halides is 6. The zero-order valence-electron chi connectivity index (χ0n) is 18.9. The third-order valence-corrected chi connectivity index (χ3v) is 8.14. The Hall–Kier alpha value is -3.12. The van der Waals surface area contributed by atoms with E-state index in [4.69, 9.17) is 24.5 Å². The fourth-order valence-electron chi connectivity index (χ4n) is 3.10. The van der Waals surface area contributed by atoms with Crippen molar-refractivity contribution in [2.75, 3.05) is 18.8 Å². The van der Waals surface area contributed by atoms with Gasteiger partial charge in [-0.05, 0) is 18.2 Å². The third kappa shape index (κ3) is 8.73. The van der Waals surface area contributed by atoms with E-state index in [-0.39, 0.29) is 15.7 Å². The molecule has 1 atom stereocenters. The van der Waals surface area contributed by atoms with Crippen LogP contribution in [0.5, 0.6) is 5.88 Å². The molecule has 1 spiro atoms. The molecule has 2 aliphatic rings. The maximum Gasteiger partial charge on any atom is 0.490 e. The topological polar surface area (TPSA) is 147 Å². The van der Waals surface area contributed by atoms with Gasteiger partial charge in [0.15, 0.2) is 0 Å². The lowest BCUT2D eigenvalue weighted by atomic mass is 9.95. The van der Waals surface area contributed by atoms with Crippen molar-refractivity contribution >= 4 is 33.7 Å². The minimum atomic E-state index is -5.08. The molecule has 2 fully saturated rings. The molecule has 2 aromatic rings. The van der Waals surface area contributed by atoms with Crippen LogP contribution in [0, 0.1) is 0 Å². The molecular formula is C20H19F6N3O7S2. The van der Waals surface area contributed by atoms with Crippen LogP contribution in [-0.2, 0) is 19.6 Å². The van der Waals surface area contributed by atoms with Gasteiger partial charge in [0.05, 0.1) is 0 Å². The van der Waals surface area contributed by atoms with Gasteiger partial charge in [0, 0.05) is 54.7 Å². The van der Waals surface area contributed by atoms with Gasteiger partial charge in [0.2, 0.25) is 15.9 Å². The minimum absolute atomic E-state index is 0.0330. The summed E-state index contributed by atoms with van der Waals surface area (Å²) in [7, 11) is -3.44. The standard InChI is InChI=1S/C16H17N3O3S2.2C2HF3O2/c20-24(21,14-4-3-6-17-9-14)19-11-16(12-19)8-13(10-23-16)22-15-5-1-2-7-18-15;2*3-2(4,5)1(6)7/h1-7,9,13H,8,10-12H2;2*(H,6,7). The molecule has 4 heterocycles. The van der Waals surface area contributed by atoms with E-state index in [0.717, 1.165) is 12.2 Å². The number of ether oxygens (including phenoxy) is 1. The molecule has 0 aliphatic carbocycles. The SMILES string of the molecule is O=C(O)C(F)(F)F.O=C(O)C(F)(F)F.O=S(=O)(c1cccnc1)N1CC2(CC(Oc3ccccn3)CS2)C1. The molecule has 1 unspecified atom stereocenters. The lowest BCUT2D eigenvalue weighted by molar-refractivity contribution is -0.193. The second kappa shape index (κ2) is 12.2. The van der Waals surface area contributed by atoms with E-state index in [1.54, 1.807) is 36.3 Å². The highest BCUT2D eigenvalue weighted by Gasteiger charge is 2.53. The van der Waals surface area contributed by atoms with E-state index in [1.807, 2.05) is 18.2 Å². The Kier molecular flexibility index (Phi) is 9.95. The fourth-order valence-corrected chi connectivity index (χ4v) is 6.37. The number of halogens is 6. The minimum Gasteiger partial charge on any atom is -0.475 e. The average Bonchev–Trinajstić information content (AvgIpc) is 3.23. The average molecular weight is 592 g/mol. The number of aliphatic carboxylic acids is 2. The first-order chi connectivity index (χ1) is 17.5. The molecule has 0 aromatic carbocycles. The second-order valence-corrected chi connectivity index (χ2v) is 11.1. The van der Waals surface area contributed by atoms with Gasteiger partial charge >= 0.3 is 24.3 Å². The van der Waals surface area contributed by atoms with Gasteiger partial charge in [0.25, 0.3) is 0 Å². The molecule has 0 bridgehead atoms. The second-order valence-electron chi connectivity index (χ2n) is 7.67. The van der Waals surface area contributed by atoms with Crippen molar-refractivity contribution < 1.29 is 59.3 Å². The summed E-state index contributed by atoms with van der Waals surface area (Å²) in [4.78, 5) is 26.1. The zero-order chi connectivity index (χ0) is 28.8. The van der Waals surface area contributed by atoms with Crippen molar-refractivity contribution in [3.8, 4) is 5.88 Å². The first kappa shape index (κ1) is 31.1. The third-order valence-electron chi connectivity index (χ3n) is 4.79. The summed E-state index contributed by atoms with van der Waals surface area (Å²) in [5.41, 5.74) is 0. The van der Waals surface area contributed by atoms with Crippen LogP contribution in [0.4, 0.5) is 26.3 Å². The van der Waals surface area contributed by atoms with Crippen LogP contribution in [0.3, 0.4) is 0 Å². The highest BCUT2D eigenvalue weighted by Crippen LogP contribution is 2.47.